The van der Waals surface area contributed by atoms with Gasteiger partial charge >= 0.3 is 0 Å². The predicted octanol–water partition coefficient (Wildman–Crippen LogP) is 3.24. The lowest BCUT2D eigenvalue weighted by Gasteiger charge is -2.36. The van der Waals surface area contributed by atoms with Crippen LogP contribution in [0.3, 0.4) is 0 Å². The molecule has 0 spiro atoms. The maximum absolute atomic E-state index is 13.7. The van der Waals surface area contributed by atoms with Gasteiger partial charge in [-0.3, -0.25) is 4.79 Å². The molecule has 1 amide bonds. The number of nitrogens with one attached hydrogen (secondary N) is 1. The number of amides is 1. The number of ether oxygens (including phenoxy) is 2. The van der Waals surface area contributed by atoms with Gasteiger partial charge in [0, 0.05) is 61.6 Å². The molecule has 0 radical (unpaired) electrons. The largest absolute Gasteiger partial charge is 0.382 e. The second-order valence-corrected chi connectivity index (χ2v) is 12.2. The van der Waals surface area contributed by atoms with Crippen LogP contribution >= 0.6 is 0 Å². The molecular formula is C28H36N4O5S. The third-order valence-electron chi connectivity index (χ3n) is 7.46. The number of aromatic amines is 1. The molecule has 0 saturated carbocycles. The van der Waals surface area contributed by atoms with E-state index in [1.165, 1.54) is 7.05 Å². The lowest BCUT2D eigenvalue weighted by atomic mass is 10.1. The number of carbonyl (C=O) groups is 1. The molecule has 204 valence electrons. The van der Waals surface area contributed by atoms with Crippen molar-refractivity contribution >= 4 is 32.5 Å². The number of aromatic nitrogens is 1. The van der Waals surface area contributed by atoms with Crippen LogP contribution in [-0.2, 0) is 24.3 Å². The second-order valence-electron chi connectivity index (χ2n) is 10.2. The van der Waals surface area contributed by atoms with Crippen molar-refractivity contribution in [2.75, 3.05) is 65.1 Å². The Labute approximate surface area is 224 Å². The minimum atomic E-state index is -3.92. The van der Waals surface area contributed by atoms with Crippen molar-refractivity contribution in [3.63, 3.8) is 0 Å². The molecule has 3 aromatic rings. The number of H-pyrrole nitrogens is 1. The van der Waals surface area contributed by atoms with E-state index >= 15 is 0 Å². The average molecular weight is 541 g/mol. The lowest BCUT2D eigenvalue weighted by Crippen LogP contribution is -2.53. The minimum absolute atomic E-state index is 0.163. The molecule has 1 aromatic heterocycles. The van der Waals surface area contributed by atoms with E-state index in [1.807, 2.05) is 13.0 Å². The third-order valence-corrected chi connectivity index (χ3v) is 9.26. The van der Waals surface area contributed by atoms with Gasteiger partial charge in [-0.25, -0.2) is 8.42 Å². The third kappa shape index (κ3) is 5.31. The molecule has 0 aliphatic carbocycles. The molecule has 2 fully saturated rings. The Morgan fingerprint density at radius 1 is 1.13 bits per heavy atom. The van der Waals surface area contributed by atoms with Gasteiger partial charge in [0.25, 0.3) is 0 Å². The van der Waals surface area contributed by atoms with Crippen LogP contribution in [-0.4, -0.2) is 94.7 Å². The van der Waals surface area contributed by atoms with E-state index in [9.17, 15) is 13.2 Å². The Morgan fingerprint density at radius 2 is 1.92 bits per heavy atom. The smallest absolute Gasteiger partial charge is 0.243 e. The van der Waals surface area contributed by atoms with Gasteiger partial charge in [0.05, 0.1) is 37.3 Å². The summed E-state index contributed by atoms with van der Waals surface area (Å²) in [6.45, 7) is 5.23. The number of carbonyl (C=O) groups excluding carboxylic acids is 1. The molecule has 2 aromatic carbocycles. The Hall–Kier alpha value is -2.92. The molecular weight excluding hydrogens is 504 g/mol. The number of hydrogen-bond donors (Lipinski definition) is 1. The van der Waals surface area contributed by atoms with Gasteiger partial charge in [-0.15, -0.1) is 0 Å². The second kappa shape index (κ2) is 11.1. The molecule has 1 atom stereocenters. The van der Waals surface area contributed by atoms with Gasteiger partial charge in [-0.2, -0.15) is 4.31 Å². The summed E-state index contributed by atoms with van der Waals surface area (Å²) >= 11 is 0. The highest BCUT2D eigenvalue weighted by Gasteiger charge is 2.31. The number of likely N-dealkylation sites (N-methyl/N-ethyl adjacent to an activating group) is 1. The van der Waals surface area contributed by atoms with Crippen LogP contribution in [0.4, 0.5) is 5.69 Å². The first-order chi connectivity index (χ1) is 18.3. The van der Waals surface area contributed by atoms with Crippen molar-refractivity contribution in [2.45, 2.75) is 30.7 Å². The Morgan fingerprint density at radius 3 is 2.68 bits per heavy atom. The van der Waals surface area contributed by atoms with E-state index in [0.717, 1.165) is 63.6 Å². The first-order valence-electron chi connectivity index (χ1n) is 13.1. The zero-order valence-electron chi connectivity index (χ0n) is 22.3. The van der Waals surface area contributed by atoms with E-state index in [-0.39, 0.29) is 23.4 Å². The van der Waals surface area contributed by atoms with E-state index in [4.69, 9.17) is 9.47 Å². The molecule has 38 heavy (non-hydrogen) atoms. The van der Waals surface area contributed by atoms with E-state index in [0.29, 0.717) is 26.4 Å². The number of nitrogens with zero attached hydrogens (tertiary/aromatic N) is 3. The van der Waals surface area contributed by atoms with Crippen LogP contribution in [0.2, 0.25) is 0 Å². The molecule has 10 heteroatoms. The first-order valence-corrected chi connectivity index (χ1v) is 14.5. The summed E-state index contributed by atoms with van der Waals surface area (Å²) in [5.74, 6) is -0.263. The lowest BCUT2D eigenvalue weighted by molar-refractivity contribution is -0.142. The average Bonchev–Trinajstić information content (AvgIpc) is 3.59. The summed E-state index contributed by atoms with van der Waals surface area (Å²) in [7, 11) is -0.887. The highest BCUT2D eigenvalue weighted by Crippen LogP contribution is 2.36. The van der Waals surface area contributed by atoms with E-state index in [1.54, 1.807) is 24.1 Å². The molecule has 2 aliphatic rings. The SMILES string of the molecule is COC[C@@H]1COCCN1C(=O)CN(C)S(=O)(=O)c1ccc(N2CCCC2)c(-c2cc3ccc(C)cc3[nH]2)c1. The van der Waals surface area contributed by atoms with Gasteiger partial charge in [0.1, 0.15) is 0 Å². The number of aryl methyl sites for hydroxylation is 1. The molecule has 5 rings (SSSR count). The molecule has 2 saturated heterocycles. The van der Waals surface area contributed by atoms with Crippen molar-refractivity contribution in [1.82, 2.24) is 14.2 Å². The van der Waals surface area contributed by atoms with Crippen LogP contribution < -0.4 is 4.90 Å². The van der Waals surface area contributed by atoms with E-state index in [2.05, 4.69) is 34.1 Å². The highest BCUT2D eigenvalue weighted by atomic mass is 32.2. The molecule has 3 heterocycles. The summed E-state index contributed by atoms with van der Waals surface area (Å²) in [6.07, 6.45) is 2.23. The van der Waals surface area contributed by atoms with Gasteiger partial charge in [-0.05, 0) is 55.7 Å². The van der Waals surface area contributed by atoms with Crippen molar-refractivity contribution in [1.29, 1.82) is 0 Å². The van der Waals surface area contributed by atoms with E-state index < -0.39 is 10.0 Å². The molecule has 2 aliphatic heterocycles. The van der Waals surface area contributed by atoms with Gasteiger partial charge in [0.2, 0.25) is 15.9 Å². The Kier molecular flexibility index (Phi) is 7.76. The predicted molar refractivity (Wildman–Crippen MR) is 148 cm³/mol. The summed E-state index contributed by atoms with van der Waals surface area (Å²) in [6, 6.07) is 13.4. The quantitative estimate of drug-likeness (QED) is 0.472. The number of benzene rings is 2. The summed E-state index contributed by atoms with van der Waals surface area (Å²) in [5.41, 5.74) is 4.90. The summed E-state index contributed by atoms with van der Waals surface area (Å²) in [4.78, 5) is 20.7. The number of sulfonamides is 1. The number of rotatable bonds is 8. The van der Waals surface area contributed by atoms with Crippen LogP contribution in [0.15, 0.2) is 47.4 Å². The monoisotopic (exact) mass is 540 g/mol. The molecule has 1 N–H and O–H groups in total. The number of methoxy groups -OCH3 is 1. The molecule has 9 nitrogen and oxygen atoms in total. The Balaban J connectivity index is 1.46. The van der Waals surface area contributed by atoms with Gasteiger partial charge < -0.3 is 24.3 Å². The molecule has 0 unspecified atom stereocenters. The fraction of sp³-hybridized carbons (Fsp3) is 0.464. The standard InChI is InChI=1S/C28H36N4O5S/c1-20-6-7-21-15-26(29-25(21)14-20)24-16-23(8-9-27(24)31-10-4-5-11-31)38(34,35)30(2)17-28(33)32-12-13-37-19-22(32)18-36-3/h6-9,14-16,22,29H,4-5,10-13,17-19H2,1-3H3/t22-/m1/s1. The topological polar surface area (TPSA) is 95.2 Å². The molecule has 0 bridgehead atoms. The zero-order chi connectivity index (χ0) is 26.9. The summed E-state index contributed by atoms with van der Waals surface area (Å²) < 4.78 is 39.2. The fourth-order valence-corrected chi connectivity index (χ4v) is 6.52. The first kappa shape index (κ1) is 26.7. The van der Waals surface area contributed by atoms with Crippen molar-refractivity contribution < 1.29 is 22.7 Å². The number of fused-ring (bicyclic) bond motifs is 1. The van der Waals surface area contributed by atoms with Crippen molar-refractivity contribution in [3.8, 4) is 11.3 Å². The highest BCUT2D eigenvalue weighted by molar-refractivity contribution is 7.89. The number of morpholine rings is 1. The zero-order valence-corrected chi connectivity index (χ0v) is 23.1. The van der Waals surface area contributed by atoms with Crippen LogP contribution in [0.5, 0.6) is 0 Å². The normalized spacial score (nSPS) is 18.6. The Bertz CT molecular complexity index is 1410. The fourth-order valence-electron chi connectivity index (χ4n) is 5.37. The minimum Gasteiger partial charge on any atom is -0.382 e. The number of hydrogen-bond acceptors (Lipinski definition) is 6. The number of anilines is 1. The maximum atomic E-state index is 13.7. The van der Waals surface area contributed by atoms with Crippen LogP contribution in [0, 0.1) is 6.92 Å². The van der Waals surface area contributed by atoms with Crippen LogP contribution in [0.25, 0.3) is 22.2 Å². The van der Waals surface area contributed by atoms with Crippen molar-refractivity contribution in [2.24, 2.45) is 0 Å². The van der Waals surface area contributed by atoms with Gasteiger partial charge in [0.15, 0.2) is 0 Å². The van der Waals surface area contributed by atoms with Gasteiger partial charge in [-0.1, -0.05) is 12.1 Å². The van der Waals surface area contributed by atoms with Crippen molar-refractivity contribution in [3.05, 3.63) is 48.0 Å². The van der Waals surface area contributed by atoms with Crippen LogP contribution in [0.1, 0.15) is 18.4 Å². The maximum Gasteiger partial charge on any atom is 0.243 e. The summed E-state index contributed by atoms with van der Waals surface area (Å²) in [5, 5.41) is 1.07.